The molecular formula is C6H12O5. The largest absolute Gasteiger partial charge is 0.388 e. The van der Waals surface area contributed by atoms with Crippen LogP contribution in [0, 0.1) is 0 Å². The average Bonchev–Trinajstić information content (AvgIpc) is 1.95. The summed E-state index contributed by atoms with van der Waals surface area (Å²) in [7, 11) is 0. The summed E-state index contributed by atoms with van der Waals surface area (Å²) in [6.07, 6.45) is -3.95. The second kappa shape index (κ2) is 2.69. The molecule has 0 aliphatic carbocycles. The number of aliphatic hydroxyl groups is 4. The van der Waals surface area contributed by atoms with Gasteiger partial charge >= 0.3 is 0 Å². The van der Waals surface area contributed by atoms with Crippen LogP contribution in [0.3, 0.4) is 0 Å². The molecule has 1 aliphatic heterocycles. The van der Waals surface area contributed by atoms with Gasteiger partial charge in [0.15, 0.2) is 5.79 Å². The van der Waals surface area contributed by atoms with E-state index >= 15 is 0 Å². The van der Waals surface area contributed by atoms with Gasteiger partial charge in [-0.2, -0.15) is 0 Å². The zero-order valence-corrected chi connectivity index (χ0v) is 6.14. The molecule has 1 aliphatic rings. The van der Waals surface area contributed by atoms with Gasteiger partial charge in [0, 0.05) is 0 Å². The minimum Gasteiger partial charge on any atom is -0.388 e. The molecule has 11 heavy (non-hydrogen) atoms. The molecule has 5 nitrogen and oxygen atoms in total. The van der Waals surface area contributed by atoms with Gasteiger partial charge in [0.2, 0.25) is 0 Å². The molecule has 0 bridgehead atoms. The summed E-state index contributed by atoms with van der Waals surface area (Å²) in [6.45, 7) is 1.05. The number of aliphatic hydroxyl groups excluding tert-OH is 3. The highest BCUT2D eigenvalue weighted by Gasteiger charge is 2.44. The maximum atomic E-state index is 9.19. The fourth-order valence-corrected chi connectivity index (χ4v) is 0.965. The third-order valence-corrected chi connectivity index (χ3v) is 1.81. The summed E-state index contributed by atoms with van der Waals surface area (Å²) >= 11 is 0. The van der Waals surface area contributed by atoms with Crippen molar-refractivity contribution in [1.82, 2.24) is 0 Å². The van der Waals surface area contributed by atoms with Crippen LogP contribution in [-0.4, -0.2) is 51.1 Å². The van der Waals surface area contributed by atoms with Gasteiger partial charge in [-0.1, -0.05) is 0 Å². The second-order valence-electron chi connectivity index (χ2n) is 2.87. The Labute approximate surface area is 63.8 Å². The van der Waals surface area contributed by atoms with E-state index < -0.39 is 24.1 Å². The molecule has 0 saturated carbocycles. The van der Waals surface area contributed by atoms with Crippen LogP contribution in [0.2, 0.25) is 0 Å². The molecule has 0 amide bonds. The van der Waals surface area contributed by atoms with E-state index in [-0.39, 0.29) is 6.61 Å². The Balaban J connectivity index is 2.67. The van der Waals surface area contributed by atoms with Crippen molar-refractivity contribution in [3.63, 3.8) is 0 Å². The SMILES string of the molecule is CC1(O)OC[C@H](O)[C@H](O)[C@H]1O. The molecule has 1 rings (SSSR count). The van der Waals surface area contributed by atoms with Crippen molar-refractivity contribution < 1.29 is 25.2 Å². The molecule has 4 N–H and O–H groups in total. The normalized spacial score (nSPS) is 52.6. The van der Waals surface area contributed by atoms with Gasteiger partial charge in [0.05, 0.1) is 6.61 Å². The Bertz CT molecular complexity index is 146. The molecule has 5 heteroatoms. The molecule has 1 fully saturated rings. The quantitative estimate of drug-likeness (QED) is 0.326. The molecule has 1 saturated heterocycles. The fraction of sp³-hybridized carbons (Fsp3) is 1.00. The lowest BCUT2D eigenvalue weighted by Gasteiger charge is -2.39. The lowest BCUT2D eigenvalue weighted by atomic mass is 9.98. The number of hydrogen-bond acceptors (Lipinski definition) is 5. The summed E-state index contributed by atoms with van der Waals surface area (Å²) in [5.41, 5.74) is 0. The van der Waals surface area contributed by atoms with Crippen molar-refractivity contribution >= 4 is 0 Å². The van der Waals surface area contributed by atoms with Crippen LogP contribution in [0.25, 0.3) is 0 Å². The van der Waals surface area contributed by atoms with Crippen molar-refractivity contribution in [3.8, 4) is 0 Å². The first kappa shape index (κ1) is 8.89. The van der Waals surface area contributed by atoms with Crippen molar-refractivity contribution in [2.45, 2.75) is 31.0 Å². The summed E-state index contributed by atoms with van der Waals surface area (Å²) in [5.74, 6) is -1.77. The van der Waals surface area contributed by atoms with E-state index in [9.17, 15) is 5.11 Å². The third kappa shape index (κ3) is 1.52. The standard InChI is InChI=1S/C6H12O5/c1-6(10)5(9)4(8)3(7)2-11-6/h3-5,7-10H,2H2,1H3/t3-,4-,5+,6?/m0/s1. The van der Waals surface area contributed by atoms with Crippen LogP contribution in [0.15, 0.2) is 0 Å². The van der Waals surface area contributed by atoms with Gasteiger partial charge in [0.1, 0.15) is 18.3 Å². The maximum absolute atomic E-state index is 9.19. The topological polar surface area (TPSA) is 90.2 Å². The molecule has 0 spiro atoms. The Hall–Kier alpha value is -0.200. The molecule has 0 aromatic rings. The van der Waals surface area contributed by atoms with Gasteiger partial charge in [0.25, 0.3) is 0 Å². The molecule has 4 atom stereocenters. The summed E-state index contributed by atoms with van der Waals surface area (Å²) in [5, 5.41) is 36.3. The minimum atomic E-state index is -1.77. The van der Waals surface area contributed by atoms with Crippen LogP contribution in [-0.2, 0) is 4.74 Å². The van der Waals surface area contributed by atoms with E-state index in [4.69, 9.17) is 15.3 Å². The molecule has 0 aromatic heterocycles. The van der Waals surface area contributed by atoms with Gasteiger partial charge in [-0.25, -0.2) is 0 Å². The average molecular weight is 164 g/mol. The summed E-state index contributed by atoms with van der Waals surface area (Å²) in [6, 6.07) is 0. The lowest BCUT2D eigenvalue weighted by Crippen LogP contribution is -2.59. The van der Waals surface area contributed by atoms with Crippen molar-refractivity contribution in [1.29, 1.82) is 0 Å². The van der Waals surface area contributed by atoms with E-state index in [0.29, 0.717) is 0 Å². The van der Waals surface area contributed by atoms with E-state index in [0.717, 1.165) is 0 Å². The fourth-order valence-electron chi connectivity index (χ4n) is 0.965. The first-order valence-corrected chi connectivity index (χ1v) is 3.35. The van der Waals surface area contributed by atoms with Crippen LogP contribution in [0.4, 0.5) is 0 Å². The number of ether oxygens (including phenoxy) is 1. The van der Waals surface area contributed by atoms with Gasteiger partial charge in [-0.3, -0.25) is 0 Å². The predicted molar refractivity (Wildman–Crippen MR) is 34.6 cm³/mol. The van der Waals surface area contributed by atoms with Crippen LogP contribution in [0.1, 0.15) is 6.92 Å². The van der Waals surface area contributed by atoms with Crippen LogP contribution in [0.5, 0.6) is 0 Å². The number of hydrogen-bond donors (Lipinski definition) is 4. The van der Waals surface area contributed by atoms with E-state index in [1.807, 2.05) is 0 Å². The lowest BCUT2D eigenvalue weighted by molar-refractivity contribution is -0.312. The van der Waals surface area contributed by atoms with Crippen molar-refractivity contribution in [2.24, 2.45) is 0 Å². The van der Waals surface area contributed by atoms with Gasteiger partial charge in [-0.05, 0) is 6.92 Å². The molecule has 0 aromatic carbocycles. The first-order chi connectivity index (χ1) is 4.95. The summed E-state index contributed by atoms with van der Waals surface area (Å²) in [4.78, 5) is 0. The summed E-state index contributed by atoms with van der Waals surface area (Å²) < 4.78 is 4.66. The highest BCUT2D eigenvalue weighted by molar-refractivity contribution is 4.88. The Morgan fingerprint density at radius 2 is 1.91 bits per heavy atom. The highest BCUT2D eigenvalue weighted by atomic mass is 16.6. The molecule has 66 valence electrons. The molecular weight excluding hydrogens is 152 g/mol. The molecule has 1 heterocycles. The Kier molecular flexibility index (Phi) is 2.17. The smallest absolute Gasteiger partial charge is 0.191 e. The van der Waals surface area contributed by atoms with E-state index in [1.165, 1.54) is 6.92 Å². The predicted octanol–water partition coefficient (Wildman–Crippen LogP) is -2.19. The maximum Gasteiger partial charge on any atom is 0.191 e. The van der Waals surface area contributed by atoms with E-state index in [2.05, 4.69) is 4.74 Å². The van der Waals surface area contributed by atoms with E-state index in [1.54, 1.807) is 0 Å². The van der Waals surface area contributed by atoms with Crippen LogP contribution >= 0.6 is 0 Å². The Morgan fingerprint density at radius 1 is 1.36 bits per heavy atom. The van der Waals surface area contributed by atoms with Crippen molar-refractivity contribution in [2.75, 3.05) is 6.61 Å². The molecule has 1 unspecified atom stereocenters. The van der Waals surface area contributed by atoms with Crippen molar-refractivity contribution in [3.05, 3.63) is 0 Å². The molecule has 0 radical (unpaired) electrons. The number of rotatable bonds is 0. The Morgan fingerprint density at radius 3 is 2.36 bits per heavy atom. The first-order valence-electron chi connectivity index (χ1n) is 3.35. The third-order valence-electron chi connectivity index (χ3n) is 1.81. The monoisotopic (exact) mass is 164 g/mol. The highest BCUT2D eigenvalue weighted by Crippen LogP contribution is 2.22. The van der Waals surface area contributed by atoms with Gasteiger partial charge < -0.3 is 25.2 Å². The zero-order chi connectivity index (χ0) is 8.65. The second-order valence-corrected chi connectivity index (χ2v) is 2.87. The van der Waals surface area contributed by atoms with Crippen LogP contribution < -0.4 is 0 Å². The minimum absolute atomic E-state index is 0.175. The zero-order valence-electron chi connectivity index (χ0n) is 6.14. The van der Waals surface area contributed by atoms with Gasteiger partial charge in [-0.15, -0.1) is 0 Å².